The highest BCUT2D eigenvalue weighted by atomic mass is 79.9. The summed E-state index contributed by atoms with van der Waals surface area (Å²) in [6, 6.07) is 11.1. The van der Waals surface area contributed by atoms with Crippen LogP contribution in [0.25, 0.3) is 6.08 Å². The minimum Gasteiger partial charge on any atom is -0.507 e. The van der Waals surface area contributed by atoms with E-state index in [1.54, 1.807) is 36.4 Å². The number of phenolic OH excluding ortho intramolecular Hbond substituents is 1. The summed E-state index contributed by atoms with van der Waals surface area (Å²) in [7, 11) is 0. The van der Waals surface area contributed by atoms with Crippen molar-refractivity contribution >= 4 is 56.5 Å². The standard InChI is InChI=1S/C19H15BrN2O4S/c1-2-22-17(24)16(10-12-9-13(20)5-8-15(12)23)27-19(22)21-14-6-3-11(4-7-14)18(25)26/h3-10,23H,2H2,1H3,(H,25,26). The number of nitrogens with zero attached hydrogens (tertiary/aromatic N) is 2. The molecule has 1 fully saturated rings. The average Bonchev–Trinajstić information content (AvgIpc) is 2.93. The summed E-state index contributed by atoms with van der Waals surface area (Å²) >= 11 is 4.56. The Bertz CT molecular complexity index is 970. The smallest absolute Gasteiger partial charge is 0.335 e. The highest BCUT2D eigenvalue weighted by Gasteiger charge is 2.32. The van der Waals surface area contributed by atoms with E-state index in [0.717, 1.165) is 4.47 Å². The van der Waals surface area contributed by atoms with Crippen molar-refractivity contribution in [3.8, 4) is 5.75 Å². The fourth-order valence-corrected chi connectivity index (χ4v) is 3.87. The van der Waals surface area contributed by atoms with Crippen LogP contribution in [0.15, 0.2) is 56.8 Å². The number of hydrogen-bond donors (Lipinski definition) is 2. The largest absolute Gasteiger partial charge is 0.507 e. The van der Waals surface area contributed by atoms with Crippen molar-refractivity contribution in [1.82, 2.24) is 4.90 Å². The Kier molecular flexibility index (Phi) is 5.67. The molecule has 0 saturated carbocycles. The lowest BCUT2D eigenvalue weighted by Crippen LogP contribution is -2.28. The van der Waals surface area contributed by atoms with Gasteiger partial charge in [-0.15, -0.1) is 0 Å². The number of amidine groups is 1. The zero-order valence-corrected chi connectivity index (χ0v) is 16.6. The number of phenols is 1. The second-order valence-corrected chi connectivity index (χ2v) is 7.53. The normalized spacial score (nSPS) is 17.1. The maximum atomic E-state index is 12.7. The number of amides is 1. The van der Waals surface area contributed by atoms with E-state index < -0.39 is 5.97 Å². The van der Waals surface area contributed by atoms with Crippen molar-refractivity contribution in [3.05, 3.63) is 63.0 Å². The van der Waals surface area contributed by atoms with E-state index in [1.807, 2.05) is 6.92 Å². The zero-order valence-electron chi connectivity index (χ0n) is 14.2. The number of hydrogen-bond acceptors (Lipinski definition) is 5. The molecule has 2 aromatic carbocycles. The van der Waals surface area contributed by atoms with Crippen LogP contribution in [0.3, 0.4) is 0 Å². The number of carboxylic acid groups (broad SMARTS) is 1. The molecule has 6 nitrogen and oxygen atoms in total. The maximum absolute atomic E-state index is 12.7. The number of halogens is 1. The first-order chi connectivity index (χ1) is 12.9. The molecule has 0 aromatic heterocycles. The Morgan fingerprint density at radius 1 is 1.26 bits per heavy atom. The SMILES string of the molecule is CCN1C(=O)C(=Cc2cc(Br)ccc2O)SC1=Nc1ccc(C(=O)O)cc1. The number of likely N-dealkylation sites (N-methyl/N-ethyl adjacent to an activating group) is 1. The summed E-state index contributed by atoms with van der Waals surface area (Å²) in [6.07, 6.45) is 1.63. The molecule has 1 aliphatic rings. The van der Waals surface area contributed by atoms with Crippen molar-refractivity contribution in [3.63, 3.8) is 0 Å². The maximum Gasteiger partial charge on any atom is 0.335 e. The quantitative estimate of drug-likeness (QED) is 0.675. The molecular weight excluding hydrogens is 432 g/mol. The van der Waals surface area contributed by atoms with Gasteiger partial charge in [-0.1, -0.05) is 15.9 Å². The van der Waals surface area contributed by atoms with Gasteiger partial charge in [-0.05, 0) is 67.2 Å². The number of rotatable bonds is 4. The van der Waals surface area contributed by atoms with E-state index in [9.17, 15) is 14.7 Å². The molecule has 1 amide bonds. The van der Waals surface area contributed by atoms with Crippen molar-refractivity contribution in [2.45, 2.75) is 6.92 Å². The van der Waals surface area contributed by atoms with E-state index >= 15 is 0 Å². The first-order valence-corrected chi connectivity index (χ1v) is 9.62. The predicted molar refractivity (Wildman–Crippen MR) is 109 cm³/mol. The van der Waals surface area contributed by atoms with Crippen molar-refractivity contribution in [1.29, 1.82) is 0 Å². The first kappa shape index (κ1) is 19.2. The van der Waals surface area contributed by atoms with Crippen molar-refractivity contribution in [2.24, 2.45) is 4.99 Å². The molecule has 0 aliphatic carbocycles. The molecule has 1 saturated heterocycles. The zero-order chi connectivity index (χ0) is 19.6. The van der Waals surface area contributed by atoms with Crippen LogP contribution in [0.5, 0.6) is 5.75 Å². The molecule has 0 spiro atoms. The lowest BCUT2D eigenvalue weighted by atomic mass is 10.2. The summed E-state index contributed by atoms with van der Waals surface area (Å²) < 4.78 is 0.794. The van der Waals surface area contributed by atoms with Gasteiger partial charge in [0.05, 0.1) is 16.2 Å². The van der Waals surface area contributed by atoms with E-state index in [0.29, 0.717) is 27.9 Å². The highest BCUT2D eigenvalue weighted by molar-refractivity contribution is 9.10. The van der Waals surface area contributed by atoms with E-state index in [-0.39, 0.29) is 17.2 Å². The fraction of sp³-hybridized carbons (Fsp3) is 0.105. The average molecular weight is 447 g/mol. The molecule has 0 bridgehead atoms. The Morgan fingerprint density at radius 2 is 1.96 bits per heavy atom. The van der Waals surface area contributed by atoms with Gasteiger partial charge in [-0.25, -0.2) is 9.79 Å². The van der Waals surface area contributed by atoms with Gasteiger partial charge in [0.1, 0.15) is 5.75 Å². The molecule has 1 aliphatic heterocycles. The lowest BCUT2D eigenvalue weighted by molar-refractivity contribution is -0.122. The number of benzene rings is 2. The summed E-state index contributed by atoms with van der Waals surface area (Å²) in [5.74, 6) is -1.12. The van der Waals surface area contributed by atoms with Crippen LogP contribution in [0, 0.1) is 0 Å². The molecular formula is C19H15BrN2O4S. The Labute approximate surface area is 168 Å². The van der Waals surface area contributed by atoms with Gasteiger partial charge in [0.2, 0.25) is 0 Å². The predicted octanol–water partition coefficient (Wildman–Crippen LogP) is 4.48. The fourth-order valence-electron chi connectivity index (χ4n) is 2.44. The van der Waals surface area contributed by atoms with Crippen LogP contribution in [-0.2, 0) is 4.79 Å². The summed E-state index contributed by atoms with van der Waals surface area (Å²) in [5, 5.41) is 19.5. The number of aromatic hydroxyl groups is 1. The van der Waals surface area contributed by atoms with E-state index in [1.165, 1.54) is 28.8 Å². The van der Waals surface area contributed by atoms with Crippen LogP contribution < -0.4 is 0 Å². The Hall–Kier alpha value is -2.58. The molecule has 0 unspecified atom stereocenters. The molecule has 8 heteroatoms. The lowest BCUT2D eigenvalue weighted by Gasteiger charge is -2.12. The number of thioether (sulfide) groups is 1. The monoisotopic (exact) mass is 446 g/mol. The first-order valence-electron chi connectivity index (χ1n) is 8.01. The van der Waals surface area contributed by atoms with Crippen LogP contribution in [0.2, 0.25) is 0 Å². The third kappa shape index (κ3) is 4.23. The Morgan fingerprint density at radius 3 is 2.59 bits per heavy atom. The molecule has 27 heavy (non-hydrogen) atoms. The van der Waals surface area contributed by atoms with Gasteiger partial charge in [0, 0.05) is 16.6 Å². The topological polar surface area (TPSA) is 90.2 Å². The van der Waals surface area contributed by atoms with Gasteiger partial charge in [-0.3, -0.25) is 9.69 Å². The van der Waals surface area contributed by atoms with E-state index in [2.05, 4.69) is 20.9 Å². The molecule has 0 atom stereocenters. The molecule has 3 rings (SSSR count). The number of aromatic carboxylic acids is 1. The molecule has 0 radical (unpaired) electrons. The van der Waals surface area contributed by atoms with Gasteiger partial charge in [-0.2, -0.15) is 0 Å². The molecule has 138 valence electrons. The van der Waals surface area contributed by atoms with Gasteiger partial charge >= 0.3 is 5.97 Å². The molecule has 1 heterocycles. The third-order valence-electron chi connectivity index (χ3n) is 3.82. The summed E-state index contributed by atoms with van der Waals surface area (Å²) in [5.41, 5.74) is 1.26. The Balaban J connectivity index is 1.93. The number of carbonyl (C=O) groups excluding carboxylic acids is 1. The summed E-state index contributed by atoms with van der Waals surface area (Å²) in [4.78, 5) is 30.1. The second kappa shape index (κ2) is 7.98. The minimum absolute atomic E-state index is 0.0804. The summed E-state index contributed by atoms with van der Waals surface area (Å²) in [6.45, 7) is 2.29. The van der Waals surface area contributed by atoms with Crippen molar-refractivity contribution in [2.75, 3.05) is 6.54 Å². The highest BCUT2D eigenvalue weighted by Crippen LogP contribution is 2.35. The van der Waals surface area contributed by atoms with Gasteiger partial charge < -0.3 is 10.2 Å². The molecule has 2 N–H and O–H groups in total. The van der Waals surface area contributed by atoms with Crippen molar-refractivity contribution < 1.29 is 19.8 Å². The number of carboxylic acids is 1. The minimum atomic E-state index is -1.01. The van der Waals surface area contributed by atoms with Gasteiger partial charge in [0.15, 0.2) is 5.17 Å². The van der Waals surface area contributed by atoms with Crippen LogP contribution in [0.4, 0.5) is 5.69 Å². The third-order valence-corrected chi connectivity index (χ3v) is 5.32. The van der Waals surface area contributed by atoms with Crippen LogP contribution in [0.1, 0.15) is 22.8 Å². The second-order valence-electron chi connectivity index (χ2n) is 5.61. The number of carbonyl (C=O) groups is 2. The van der Waals surface area contributed by atoms with E-state index in [4.69, 9.17) is 5.11 Å². The van der Waals surface area contributed by atoms with Crippen LogP contribution in [-0.4, -0.2) is 38.7 Å². The number of aliphatic imine (C=N–C) groups is 1. The van der Waals surface area contributed by atoms with Gasteiger partial charge in [0.25, 0.3) is 5.91 Å². The molecule has 2 aromatic rings. The van der Waals surface area contributed by atoms with Crippen LogP contribution >= 0.6 is 27.7 Å².